The van der Waals surface area contributed by atoms with E-state index < -0.39 is 0 Å². The minimum atomic E-state index is 0.0133. The van der Waals surface area contributed by atoms with Gasteiger partial charge in [-0.25, -0.2) is 4.79 Å². The third-order valence-corrected chi connectivity index (χ3v) is 2.90. The number of carbonyl (C=O) groups is 1. The van der Waals surface area contributed by atoms with Crippen LogP contribution in [0.15, 0.2) is 24.3 Å². The highest BCUT2D eigenvalue weighted by Gasteiger charge is 2.26. The van der Waals surface area contributed by atoms with Gasteiger partial charge in [-0.15, -0.1) is 0 Å². The second kappa shape index (κ2) is 4.14. The number of nitrogens with two attached hydrogens (primary N) is 1. The lowest BCUT2D eigenvalue weighted by Gasteiger charge is -2.34. The fourth-order valence-electron chi connectivity index (χ4n) is 2.03. The van der Waals surface area contributed by atoms with Crippen molar-refractivity contribution in [3.63, 3.8) is 0 Å². The third-order valence-electron chi connectivity index (χ3n) is 2.90. The maximum atomic E-state index is 12.0. The van der Waals surface area contributed by atoms with Crippen molar-refractivity contribution in [3.8, 4) is 0 Å². The predicted molar refractivity (Wildman–Crippen MR) is 64.4 cm³/mol. The SMILES string of the molecule is CN(C)C(=O)N1CCC(N)c2ccccc21. The van der Waals surface area contributed by atoms with Crippen molar-refractivity contribution in [2.24, 2.45) is 5.73 Å². The molecule has 0 aliphatic carbocycles. The zero-order valence-corrected chi connectivity index (χ0v) is 9.68. The molecule has 0 saturated heterocycles. The second-order valence-corrected chi connectivity index (χ2v) is 4.28. The summed E-state index contributed by atoms with van der Waals surface area (Å²) in [6.07, 6.45) is 0.816. The van der Waals surface area contributed by atoms with E-state index in [1.165, 1.54) is 0 Å². The topological polar surface area (TPSA) is 49.6 Å². The lowest BCUT2D eigenvalue weighted by molar-refractivity contribution is 0.223. The molecule has 0 radical (unpaired) electrons. The molecule has 2 N–H and O–H groups in total. The first-order chi connectivity index (χ1) is 7.61. The third kappa shape index (κ3) is 1.76. The van der Waals surface area contributed by atoms with Gasteiger partial charge in [0.15, 0.2) is 0 Å². The number of hydrogen-bond donors (Lipinski definition) is 1. The van der Waals surface area contributed by atoms with E-state index in [4.69, 9.17) is 5.73 Å². The summed E-state index contributed by atoms with van der Waals surface area (Å²) >= 11 is 0. The van der Waals surface area contributed by atoms with Gasteiger partial charge in [-0.3, -0.25) is 4.90 Å². The van der Waals surface area contributed by atoms with Crippen LogP contribution in [0.5, 0.6) is 0 Å². The Bertz CT molecular complexity index is 403. The first-order valence-corrected chi connectivity index (χ1v) is 5.44. The van der Waals surface area contributed by atoms with E-state index in [1.54, 1.807) is 23.9 Å². The van der Waals surface area contributed by atoms with Crippen LogP contribution in [0.3, 0.4) is 0 Å². The van der Waals surface area contributed by atoms with Crippen LogP contribution < -0.4 is 10.6 Å². The van der Waals surface area contributed by atoms with Gasteiger partial charge in [0.05, 0.1) is 5.69 Å². The van der Waals surface area contributed by atoms with Gasteiger partial charge in [-0.05, 0) is 18.1 Å². The number of amides is 2. The van der Waals surface area contributed by atoms with Crippen LogP contribution in [0.25, 0.3) is 0 Å². The first kappa shape index (κ1) is 11.0. The van der Waals surface area contributed by atoms with Crippen LogP contribution >= 0.6 is 0 Å². The Balaban J connectivity index is 2.38. The normalized spacial score (nSPS) is 19.2. The van der Waals surface area contributed by atoms with Crippen molar-refractivity contribution >= 4 is 11.7 Å². The predicted octanol–water partition coefficient (Wildman–Crippen LogP) is 1.58. The second-order valence-electron chi connectivity index (χ2n) is 4.28. The minimum Gasteiger partial charge on any atom is -0.330 e. The molecule has 2 rings (SSSR count). The minimum absolute atomic E-state index is 0.0133. The van der Waals surface area contributed by atoms with Gasteiger partial charge in [0.2, 0.25) is 0 Å². The van der Waals surface area contributed by atoms with E-state index in [9.17, 15) is 4.79 Å². The van der Waals surface area contributed by atoms with Crippen molar-refractivity contribution in [3.05, 3.63) is 29.8 Å². The molecule has 4 nitrogen and oxygen atoms in total. The van der Waals surface area contributed by atoms with Crippen molar-refractivity contribution < 1.29 is 4.79 Å². The number of rotatable bonds is 0. The van der Waals surface area contributed by atoms with Crippen molar-refractivity contribution in [1.29, 1.82) is 0 Å². The number of benzene rings is 1. The standard InChI is InChI=1S/C12H17N3O/c1-14(2)12(16)15-8-7-10(13)9-5-3-4-6-11(9)15/h3-6,10H,7-8,13H2,1-2H3. The van der Waals surface area contributed by atoms with E-state index in [2.05, 4.69) is 0 Å². The van der Waals surface area contributed by atoms with Crippen LogP contribution in [0.2, 0.25) is 0 Å². The van der Waals surface area contributed by atoms with E-state index in [-0.39, 0.29) is 12.1 Å². The molecule has 1 unspecified atom stereocenters. The molecule has 4 heteroatoms. The highest BCUT2D eigenvalue weighted by Crippen LogP contribution is 2.32. The Hall–Kier alpha value is -1.55. The summed E-state index contributed by atoms with van der Waals surface area (Å²) in [6, 6.07) is 7.90. The molecular weight excluding hydrogens is 202 g/mol. The molecule has 0 bridgehead atoms. The average Bonchev–Trinajstić information content (AvgIpc) is 2.29. The Kier molecular flexibility index (Phi) is 2.83. The molecule has 1 atom stereocenters. The van der Waals surface area contributed by atoms with E-state index >= 15 is 0 Å². The Morgan fingerprint density at radius 1 is 1.44 bits per heavy atom. The number of anilines is 1. The van der Waals surface area contributed by atoms with Gasteiger partial charge in [0.1, 0.15) is 0 Å². The maximum absolute atomic E-state index is 12.0. The summed E-state index contributed by atoms with van der Waals surface area (Å²) < 4.78 is 0. The van der Waals surface area contributed by atoms with Crippen molar-refractivity contribution in [1.82, 2.24) is 4.90 Å². The molecular formula is C12H17N3O. The summed E-state index contributed by atoms with van der Waals surface area (Å²) in [4.78, 5) is 15.4. The molecule has 2 amide bonds. The molecule has 0 saturated carbocycles. The van der Waals surface area contributed by atoms with E-state index in [1.807, 2.05) is 24.3 Å². The lowest BCUT2D eigenvalue weighted by atomic mass is 9.97. The summed E-state index contributed by atoms with van der Waals surface area (Å²) in [5.41, 5.74) is 8.04. The van der Waals surface area contributed by atoms with E-state index in [0.717, 1.165) is 17.7 Å². The number of nitrogens with zero attached hydrogens (tertiary/aromatic N) is 2. The molecule has 1 aliphatic heterocycles. The smallest absolute Gasteiger partial charge is 0.323 e. The van der Waals surface area contributed by atoms with Gasteiger partial charge >= 0.3 is 6.03 Å². The zero-order chi connectivity index (χ0) is 11.7. The Morgan fingerprint density at radius 2 is 2.12 bits per heavy atom. The first-order valence-electron chi connectivity index (χ1n) is 5.44. The quantitative estimate of drug-likeness (QED) is 0.720. The summed E-state index contributed by atoms with van der Waals surface area (Å²) in [6.45, 7) is 0.690. The summed E-state index contributed by atoms with van der Waals surface area (Å²) in [5, 5.41) is 0. The Morgan fingerprint density at radius 3 is 2.81 bits per heavy atom. The Labute approximate surface area is 95.6 Å². The van der Waals surface area contributed by atoms with Crippen LogP contribution in [-0.4, -0.2) is 31.6 Å². The number of carbonyl (C=O) groups excluding carboxylic acids is 1. The van der Waals surface area contributed by atoms with E-state index in [0.29, 0.717) is 6.54 Å². The molecule has 1 aliphatic rings. The highest BCUT2D eigenvalue weighted by molar-refractivity contribution is 5.93. The van der Waals surface area contributed by atoms with Crippen molar-refractivity contribution in [2.75, 3.05) is 25.5 Å². The molecule has 0 spiro atoms. The summed E-state index contributed by atoms with van der Waals surface area (Å²) in [5.74, 6) is 0. The van der Waals surface area contributed by atoms with Crippen LogP contribution in [0.1, 0.15) is 18.0 Å². The lowest BCUT2D eigenvalue weighted by Crippen LogP contribution is -2.43. The van der Waals surface area contributed by atoms with Gasteiger partial charge < -0.3 is 10.6 Å². The molecule has 0 fully saturated rings. The molecule has 1 aromatic rings. The summed E-state index contributed by atoms with van der Waals surface area (Å²) in [7, 11) is 3.53. The van der Waals surface area contributed by atoms with Gasteiger partial charge in [-0.1, -0.05) is 18.2 Å². The van der Waals surface area contributed by atoms with Gasteiger partial charge in [-0.2, -0.15) is 0 Å². The van der Waals surface area contributed by atoms with Crippen LogP contribution in [0, 0.1) is 0 Å². The van der Waals surface area contributed by atoms with Crippen molar-refractivity contribution in [2.45, 2.75) is 12.5 Å². The number of fused-ring (bicyclic) bond motifs is 1. The average molecular weight is 219 g/mol. The molecule has 86 valence electrons. The molecule has 16 heavy (non-hydrogen) atoms. The van der Waals surface area contributed by atoms with Crippen LogP contribution in [0.4, 0.5) is 10.5 Å². The molecule has 0 aromatic heterocycles. The van der Waals surface area contributed by atoms with Gasteiger partial charge in [0, 0.05) is 26.7 Å². The zero-order valence-electron chi connectivity index (χ0n) is 9.68. The fourth-order valence-corrected chi connectivity index (χ4v) is 2.03. The number of urea groups is 1. The number of para-hydroxylation sites is 1. The molecule has 1 aromatic carbocycles. The monoisotopic (exact) mass is 219 g/mol. The fraction of sp³-hybridized carbons (Fsp3) is 0.417. The van der Waals surface area contributed by atoms with Crippen LogP contribution in [-0.2, 0) is 0 Å². The molecule has 1 heterocycles. The largest absolute Gasteiger partial charge is 0.330 e. The highest BCUT2D eigenvalue weighted by atomic mass is 16.2. The maximum Gasteiger partial charge on any atom is 0.323 e. The number of hydrogen-bond acceptors (Lipinski definition) is 2. The van der Waals surface area contributed by atoms with Gasteiger partial charge in [0.25, 0.3) is 0 Å².